The van der Waals surface area contributed by atoms with Gasteiger partial charge in [-0.3, -0.25) is 9.59 Å². The molecule has 0 unspecified atom stereocenters. The molecule has 2 aromatic rings. The molecule has 162 valence electrons. The zero-order valence-corrected chi connectivity index (χ0v) is 19.0. The van der Waals surface area contributed by atoms with Gasteiger partial charge in [0.1, 0.15) is 0 Å². The van der Waals surface area contributed by atoms with Crippen LogP contribution >= 0.6 is 11.8 Å². The van der Waals surface area contributed by atoms with E-state index in [2.05, 4.69) is 27.8 Å². The number of carbonyl (C=O) groups excluding carboxylic acids is 2. The van der Waals surface area contributed by atoms with Gasteiger partial charge in [-0.05, 0) is 44.7 Å². The van der Waals surface area contributed by atoms with E-state index in [0.717, 1.165) is 12.0 Å². The van der Waals surface area contributed by atoms with Crippen LogP contribution in [0.5, 0.6) is 0 Å². The lowest BCUT2D eigenvalue weighted by atomic mass is 9.86. The number of hydrogen-bond acceptors (Lipinski definition) is 5. The minimum absolute atomic E-state index is 0.0315. The van der Waals surface area contributed by atoms with Gasteiger partial charge in [0.15, 0.2) is 11.0 Å². The Hall–Kier alpha value is -2.35. The zero-order chi connectivity index (χ0) is 21.7. The molecule has 7 nitrogen and oxygen atoms in total. The molecule has 0 aliphatic heterocycles. The van der Waals surface area contributed by atoms with Gasteiger partial charge in [-0.15, -0.1) is 10.2 Å². The van der Waals surface area contributed by atoms with Gasteiger partial charge in [0.2, 0.25) is 5.91 Å². The second-order valence-electron chi connectivity index (χ2n) is 8.19. The molecule has 30 heavy (non-hydrogen) atoms. The van der Waals surface area contributed by atoms with Gasteiger partial charge in [-0.25, -0.2) is 0 Å². The number of nitrogens with one attached hydrogen (secondary N) is 2. The Balaban J connectivity index is 1.53. The van der Waals surface area contributed by atoms with Crippen molar-refractivity contribution in [2.45, 2.75) is 63.7 Å². The highest BCUT2D eigenvalue weighted by molar-refractivity contribution is 7.99. The number of aromatic nitrogens is 3. The van der Waals surface area contributed by atoms with E-state index in [1.807, 2.05) is 37.6 Å². The van der Waals surface area contributed by atoms with Crippen molar-refractivity contribution >= 4 is 23.6 Å². The van der Waals surface area contributed by atoms with Gasteiger partial charge >= 0.3 is 0 Å². The first-order chi connectivity index (χ1) is 14.3. The molecule has 1 aliphatic rings. The largest absolute Gasteiger partial charge is 0.352 e. The van der Waals surface area contributed by atoms with Gasteiger partial charge in [-0.1, -0.05) is 49.2 Å². The van der Waals surface area contributed by atoms with Crippen LogP contribution in [0.3, 0.4) is 0 Å². The zero-order valence-electron chi connectivity index (χ0n) is 18.1. The van der Waals surface area contributed by atoms with E-state index in [1.54, 1.807) is 12.1 Å². The van der Waals surface area contributed by atoms with Crippen LogP contribution in [-0.2, 0) is 11.8 Å². The Morgan fingerprint density at radius 2 is 1.90 bits per heavy atom. The molecule has 1 aromatic carbocycles. The lowest BCUT2D eigenvalue weighted by molar-refractivity contribution is -0.119. The summed E-state index contributed by atoms with van der Waals surface area (Å²) < 4.78 is 1.83. The van der Waals surface area contributed by atoms with Gasteiger partial charge in [0, 0.05) is 18.7 Å². The molecule has 1 aromatic heterocycles. The van der Waals surface area contributed by atoms with E-state index < -0.39 is 0 Å². The van der Waals surface area contributed by atoms with Crippen LogP contribution in [-0.4, -0.2) is 38.4 Å². The van der Waals surface area contributed by atoms with Crippen LogP contribution in [0.1, 0.15) is 67.3 Å². The topological polar surface area (TPSA) is 88.9 Å². The summed E-state index contributed by atoms with van der Waals surface area (Å²) >= 11 is 1.36. The summed E-state index contributed by atoms with van der Waals surface area (Å²) in [4.78, 5) is 24.8. The first-order valence-electron chi connectivity index (χ1n) is 10.5. The van der Waals surface area contributed by atoms with Gasteiger partial charge < -0.3 is 15.2 Å². The van der Waals surface area contributed by atoms with Crippen molar-refractivity contribution in [2.75, 3.05) is 5.75 Å². The smallest absolute Gasteiger partial charge is 0.251 e. The van der Waals surface area contributed by atoms with E-state index in [9.17, 15) is 9.59 Å². The van der Waals surface area contributed by atoms with Crippen molar-refractivity contribution in [1.82, 2.24) is 25.4 Å². The Bertz CT molecular complexity index is 880. The maximum atomic E-state index is 12.5. The second kappa shape index (κ2) is 10.1. The lowest BCUT2D eigenvalue weighted by Gasteiger charge is -2.29. The molecule has 2 N–H and O–H groups in total. The normalized spacial score (nSPS) is 19.9. The minimum atomic E-state index is -0.303. The molecule has 0 radical (unpaired) electrons. The number of carbonyl (C=O) groups is 2. The average Bonchev–Trinajstić information content (AvgIpc) is 3.09. The highest BCUT2D eigenvalue weighted by Gasteiger charge is 2.23. The SMILES string of the molecule is Cc1ccc(C(=O)N[C@H](C)c2nnc(SCC(=O)N[C@H]3CCCC[C@H]3C)n2C)cc1. The summed E-state index contributed by atoms with van der Waals surface area (Å²) in [5, 5.41) is 15.2. The van der Waals surface area contributed by atoms with E-state index in [1.165, 1.54) is 31.0 Å². The Labute approximate surface area is 182 Å². The molecule has 3 atom stereocenters. The second-order valence-corrected chi connectivity index (χ2v) is 9.13. The number of benzene rings is 1. The molecule has 2 amide bonds. The average molecular weight is 430 g/mol. The summed E-state index contributed by atoms with van der Waals surface area (Å²) in [5.74, 6) is 1.37. The highest BCUT2D eigenvalue weighted by Crippen LogP contribution is 2.24. The van der Waals surface area contributed by atoms with Crippen molar-refractivity contribution in [3.63, 3.8) is 0 Å². The third-order valence-corrected chi connectivity index (χ3v) is 6.73. The first-order valence-corrected chi connectivity index (χ1v) is 11.5. The molecule has 1 saturated carbocycles. The molecule has 1 aliphatic carbocycles. The van der Waals surface area contributed by atoms with E-state index in [4.69, 9.17) is 0 Å². The van der Waals surface area contributed by atoms with Crippen molar-refractivity contribution in [3.8, 4) is 0 Å². The third kappa shape index (κ3) is 5.62. The fourth-order valence-electron chi connectivity index (χ4n) is 3.79. The highest BCUT2D eigenvalue weighted by atomic mass is 32.2. The molecule has 1 heterocycles. The molecule has 3 rings (SSSR count). The summed E-state index contributed by atoms with van der Waals surface area (Å²) in [7, 11) is 1.85. The molecule has 0 saturated heterocycles. The number of amides is 2. The summed E-state index contributed by atoms with van der Waals surface area (Å²) in [6.45, 7) is 6.07. The van der Waals surface area contributed by atoms with Gasteiger partial charge in [0.25, 0.3) is 5.91 Å². The number of rotatable bonds is 7. The van der Waals surface area contributed by atoms with Crippen LogP contribution in [0.4, 0.5) is 0 Å². The molecule has 1 fully saturated rings. The quantitative estimate of drug-likeness (QED) is 0.659. The summed E-state index contributed by atoms with van der Waals surface area (Å²) in [5.41, 5.74) is 1.72. The first kappa shape index (κ1) is 22.3. The van der Waals surface area contributed by atoms with Crippen molar-refractivity contribution in [1.29, 1.82) is 0 Å². The lowest BCUT2D eigenvalue weighted by Crippen LogP contribution is -2.41. The van der Waals surface area contributed by atoms with Crippen LogP contribution in [0.2, 0.25) is 0 Å². The molecule has 0 bridgehead atoms. The molecular formula is C22H31N5O2S. The Morgan fingerprint density at radius 1 is 1.20 bits per heavy atom. The fourth-order valence-corrected chi connectivity index (χ4v) is 4.52. The van der Waals surface area contributed by atoms with Crippen molar-refractivity contribution in [3.05, 3.63) is 41.2 Å². The Morgan fingerprint density at radius 3 is 2.60 bits per heavy atom. The number of nitrogens with zero attached hydrogens (tertiary/aromatic N) is 3. The summed E-state index contributed by atoms with van der Waals surface area (Å²) in [6, 6.07) is 7.41. The maximum Gasteiger partial charge on any atom is 0.251 e. The van der Waals surface area contributed by atoms with Crippen LogP contribution in [0, 0.1) is 12.8 Å². The maximum absolute atomic E-state index is 12.5. The standard InChI is InChI=1S/C22H31N5O2S/c1-14-9-11-17(12-10-14)21(29)23-16(3)20-25-26-22(27(20)4)30-13-19(28)24-18-8-6-5-7-15(18)2/h9-12,15-16,18H,5-8,13H2,1-4H3,(H,23,29)(H,24,28)/t15-,16-,18+/m1/s1. The monoisotopic (exact) mass is 429 g/mol. The number of hydrogen-bond donors (Lipinski definition) is 2. The van der Waals surface area contributed by atoms with Crippen molar-refractivity contribution < 1.29 is 9.59 Å². The van der Waals surface area contributed by atoms with Crippen LogP contribution < -0.4 is 10.6 Å². The molecule has 0 spiro atoms. The summed E-state index contributed by atoms with van der Waals surface area (Å²) in [6.07, 6.45) is 4.67. The molecular weight excluding hydrogens is 398 g/mol. The number of thioether (sulfide) groups is 1. The fraction of sp³-hybridized carbons (Fsp3) is 0.545. The molecule has 8 heteroatoms. The number of aryl methyl sites for hydroxylation is 1. The predicted molar refractivity (Wildman–Crippen MR) is 118 cm³/mol. The van der Waals surface area contributed by atoms with Gasteiger partial charge in [0.05, 0.1) is 11.8 Å². The third-order valence-electron chi connectivity index (χ3n) is 5.71. The minimum Gasteiger partial charge on any atom is -0.352 e. The van der Waals surface area contributed by atoms with E-state index in [-0.39, 0.29) is 23.9 Å². The van der Waals surface area contributed by atoms with E-state index in [0.29, 0.717) is 28.2 Å². The predicted octanol–water partition coefficient (Wildman–Crippen LogP) is 3.40. The van der Waals surface area contributed by atoms with E-state index >= 15 is 0 Å². The van der Waals surface area contributed by atoms with Gasteiger partial charge in [-0.2, -0.15) is 0 Å². The van der Waals surface area contributed by atoms with Crippen LogP contribution in [0.15, 0.2) is 29.4 Å². The Kier molecular flexibility index (Phi) is 7.53. The van der Waals surface area contributed by atoms with Crippen molar-refractivity contribution in [2.24, 2.45) is 13.0 Å². The van der Waals surface area contributed by atoms with Crippen LogP contribution in [0.25, 0.3) is 0 Å².